The number of nitrogens with zero attached hydrogens (tertiary/aromatic N) is 2. The van der Waals surface area contributed by atoms with E-state index < -0.39 is 0 Å². The predicted octanol–water partition coefficient (Wildman–Crippen LogP) is 3.31. The number of pyridine rings is 1. The molecule has 1 aromatic rings. The van der Waals surface area contributed by atoms with Gasteiger partial charge in [0.1, 0.15) is 5.15 Å². The maximum absolute atomic E-state index is 8.96. The topological polar surface area (TPSA) is 36.7 Å². The highest BCUT2D eigenvalue weighted by Gasteiger charge is 2.13. The quantitative estimate of drug-likeness (QED) is 0.560. The molecule has 0 amide bonds. The maximum Gasteiger partial charge on any atom is 0.133 e. The number of hydrogen-bond acceptors (Lipinski definition) is 2. The molecule has 1 atom stereocenters. The van der Waals surface area contributed by atoms with Crippen molar-refractivity contribution in [3.8, 4) is 6.07 Å². The Morgan fingerprint density at radius 2 is 2.50 bits per heavy atom. The zero-order valence-electron chi connectivity index (χ0n) is 7.78. The summed E-state index contributed by atoms with van der Waals surface area (Å²) in [5.41, 5.74) is 0.804. The van der Waals surface area contributed by atoms with Gasteiger partial charge in [-0.15, -0.1) is 6.58 Å². The molecule has 3 heteroatoms. The SMILES string of the molecule is C=CCCC(C#N)c1cccnc1Cl. The van der Waals surface area contributed by atoms with Gasteiger partial charge in [0.25, 0.3) is 0 Å². The number of halogens is 1. The second-order valence-electron chi connectivity index (χ2n) is 2.93. The lowest BCUT2D eigenvalue weighted by atomic mass is 9.97. The molecule has 0 bridgehead atoms. The Morgan fingerprint density at radius 1 is 1.71 bits per heavy atom. The Hall–Kier alpha value is -1.33. The molecule has 0 aliphatic rings. The van der Waals surface area contributed by atoms with Crippen molar-refractivity contribution < 1.29 is 0 Å². The summed E-state index contributed by atoms with van der Waals surface area (Å²) in [4.78, 5) is 3.94. The predicted molar refractivity (Wildman–Crippen MR) is 57.0 cm³/mol. The fraction of sp³-hybridized carbons (Fsp3) is 0.273. The van der Waals surface area contributed by atoms with E-state index in [1.54, 1.807) is 18.3 Å². The van der Waals surface area contributed by atoms with Crippen LogP contribution in [0.1, 0.15) is 24.3 Å². The number of nitriles is 1. The summed E-state index contributed by atoms with van der Waals surface area (Å²) in [6, 6.07) is 5.85. The highest BCUT2D eigenvalue weighted by atomic mass is 35.5. The standard InChI is InChI=1S/C11H11ClN2/c1-2-3-5-9(8-13)10-6-4-7-14-11(10)12/h2,4,6-7,9H,1,3,5H2. The van der Waals surface area contributed by atoms with Crippen LogP contribution < -0.4 is 0 Å². The summed E-state index contributed by atoms with van der Waals surface area (Å²) in [5, 5.41) is 9.38. The Bertz CT molecular complexity index is 355. The molecule has 1 aromatic heterocycles. The van der Waals surface area contributed by atoms with Gasteiger partial charge in [-0.1, -0.05) is 23.7 Å². The van der Waals surface area contributed by atoms with Crippen LogP contribution in [0.2, 0.25) is 5.15 Å². The Kier molecular flexibility index (Phi) is 4.15. The third-order valence-corrected chi connectivity index (χ3v) is 2.29. The fourth-order valence-electron chi connectivity index (χ4n) is 1.23. The van der Waals surface area contributed by atoms with Crippen molar-refractivity contribution in [1.82, 2.24) is 4.98 Å². The molecule has 0 saturated carbocycles. The van der Waals surface area contributed by atoms with Crippen LogP contribution in [-0.2, 0) is 0 Å². The van der Waals surface area contributed by atoms with Gasteiger partial charge in [0.2, 0.25) is 0 Å². The van der Waals surface area contributed by atoms with Crippen LogP contribution in [0.25, 0.3) is 0 Å². The van der Waals surface area contributed by atoms with Crippen LogP contribution in [0.4, 0.5) is 0 Å². The number of hydrogen-bond donors (Lipinski definition) is 0. The summed E-state index contributed by atoms with van der Waals surface area (Å²) in [5.74, 6) is -0.186. The molecule has 0 radical (unpaired) electrons. The van der Waals surface area contributed by atoms with E-state index in [-0.39, 0.29) is 5.92 Å². The normalized spacial score (nSPS) is 11.7. The molecular formula is C11H11ClN2. The first-order valence-corrected chi connectivity index (χ1v) is 4.78. The zero-order valence-corrected chi connectivity index (χ0v) is 8.54. The average Bonchev–Trinajstić information content (AvgIpc) is 2.21. The van der Waals surface area contributed by atoms with Crippen LogP contribution in [-0.4, -0.2) is 4.98 Å². The Labute approximate surface area is 88.8 Å². The maximum atomic E-state index is 8.96. The third-order valence-electron chi connectivity index (χ3n) is 1.98. The molecule has 1 heterocycles. The fourth-order valence-corrected chi connectivity index (χ4v) is 1.48. The highest BCUT2D eigenvalue weighted by molar-refractivity contribution is 6.30. The van der Waals surface area contributed by atoms with E-state index in [9.17, 15) is 0 Å². The summed E-state index contributed by atoms with van der Waals surface area (Å²) in [7, 11) is 0. The van der Waals surface area contributed by atoms with Crippen LogP contribution in [0.3, 0.4) is 0 Å². The van der Waals surface area contributed by atoms with Crippen LogP contribution in [0.5, 0.6) is 0 Å². The van der Waals surface area contributed by atoms with Crippen LogP contribution in [0.15, 0.2) is 31.0 Å². The van der Waals surface area contributed by atoms with Crippen molar-refractivity contribution in [2.75, 3.05) is 0 Å². The lowest BCUT2D eigenvalue weighted by Crippen LogP contribution is -1.97. The van der Waals surface area contributed by atoms with Crippen molar-refractivity contribution in [1.29, 1.82) is 5.26 Å². The Morgan fingerprint density at radius 3 is 3.07 bits per heavy atom. The number of allylic oxidation sites excluding steroid dienone is 1. The molecule has 0 aromatic carbocycles. The van der Waals surface area contributed by atoms with Gasteiger partial charge in [0, 0.05) is 11.8 Å². The van der Waals surface area contributed by atoms with Gasteiger partial charge in [0.15, 0.2) is 0 Å². The molecule has 0 aliphatic heterocycles. The average molecular weight is 207 g/mol. The van der Waals surface area contributed by atoms with Crippen molar-refractivity contribution in [3.05, 3.63) is 41.7 Å². The molecular weight excluding hydrogens is 196 g/mol. The van der Waals surface area contributed by atoms with Gasteiger partial charge < -0.3 is 0 Å². The molecule has 0 fully saturated rings. The minimum atomic E-state index is -0.186. The minimum absolute atomic E-state index is 0.186. The van der Waals surface area contributed by atoms with E-state index in [4.69, 9.17) is 16.9 Å². The molecule has 14 heavy (non-hydrogen) atoms. The van der Waals surface area contributed by atoms with Gasteiger partial charge >= 0.3 is 0 Å². The highest BCUT2D eigenvalue weighted by Crippen LogP contribution is 2.25. The minimum Gasteiger partial charge on any atom is -0.244 e. The van der Waals surface area contributed by atoms with Gasteiger partial charge in [-0.2, -0.15) is 5.26 Å². The number of rotatable bonds is 4. The molecule has 2 nitrogen and oxygen atoms in total. The van der Waals surface area contributed by atoms with E-state index in [2.05, 4.69) is 17.6 Å². The monoisotopic (exact) mass is 206 g/mol. The van der Waals surface area contributed by atoms with Crippen molar-refractivity contribution in [2.45, 2.75) is 18.8 Å². The van der Waals surface area contributed by atoms with Crippen LogP contribution in [0, 0.1) is 11.3 Å². The van der Waals surface area contributed by atoms with Gasteiger partial charge in [-0.05, 0) is 18.9 Å². The summed E-state index contributed by atoms with van der Waals surface area (Å²) >= 11 is 5.89. The second kappa shape index (κ2) is 5.41. The first-order chi connectivity index (χ1) is 6.79. The van der Waals surface area contributed by atoms with Gasteiger partial charge in [-0.3, -0.25) is 0 Å². The van der Waals surface area contributed by atoms with Crippen molar-refractivity contribution in [3.63, 3.8) is 0 Å². The summed E-state index contributed by atoms with van der Waals surface area (Å²) < 4.78 is 0. The first-order valence-electron chi connectivity index (χ1n) is 4.40. The van der Waals surface area contributed by atoms with E-state index in [1.807, 2.05) is 6.07 Å². The third kappa shape index (κ3) is 2.58. The van der Waals surface area contributed by atoms with Gasteiger partial charge in [-0.25, -0.2) is 4.98 Å². The summed E-state index contributed by atoms with van der Waals surface area (Å²) in [6.45, 7) is 3.63. The molecule has 72 valence electrons. The smallest absolute Gasteiger partial charge is 0.133 e. The van der Waals surface area contributed by atoms with Gasteiger partial charge in [0.05, 0.1) is 12.0 Å². The van der Waals surface area contributed by atoms with E-state index >= 15 is 0 Å². The van der Waals surface area contributed by atoms with E-state index in [0.717, 1.165) is 18.4 Å². The lowest BCUT2D eigenvalue weighted by molar-refractivity contribution is 0.759. The molecule has 1 unspecified atom stereocenters. The lowest BCUT2D eigenvalue weighted by Gasteiger charge is -2.08. The molecule has 0 aliphatic carbocycles. The Balaban J connectivity index is 2.85. The largest absolute Gasteiger partial charge is 0.244 e. The van der Waals surface area contributed by atoms with Crippen molar-refractivity contribution >= 4 is 11.6 Å². The zero-order chi connectivity index (χ0) is 10.4. The second-order valence-corrected chi connectivity index (χ2v) is 3.29. The number of aromatic nitrogens is 1. The van der Waals surface area contributed by atoms with E-state index in [0.29, 0.717) is 5.15 Å². The first kappa shape index (κ1) is 10.7. The van der Waals surface area contributed by atoms with E-state index in [1.165, 1.54) is 0 Å². The van der Waals surface area contributed by atoms with Crippen molar-refractivity contribution in [2.24, 2.45) is 0 Å². The molecule has 1 rings (SSSR count). The molecule has 0 N–H and O–H groups in total. The van der Waals surface area contributed by atoms with Crippen LogP contribution >= 0.6 is 11.6 Å². The summed E-state index contributed by atoms with van der Waals surface area (Å²) in [6.07, 6.45) is 4.97. The molecule has 0 spiro atoms. The molecule has 0 saturated heterocycles.